The number of nitrogens with one attached hydrogen (secondary N) is 2. The smallest absolute Gasteiger partial charge is 0.200 e. The fraction of sp³-hybridized carbons (Fsp3) is 0.261. The first-order valence-electron chi connectivity index (χ1n) is 10.1. The number of guanidine groups is 1. The van der Waals surface area contributed by atoms with Crippen molar-refractivity contribution in [1.82, 2.24) is 20.1 Å². The van der Waals surface area contributed by atoms with Gasteiger partial charge in [0.1, 0.15) is 6.04 Å². The Labute approximate surface area is 170 Å². The van der Waals surface area contributed by atoms with Gasteiger partial charge < -0.3 is 10.6 Å². The average Bonchev–Trinajstić information content (AvgIpc) is 3.16. The monoisotopic (exact) mass is 384 g/mol. The molecule has 0 bridgehead atoms. The fourth-order valence-corrected chi connectivity index (χ4v) is 4.14. The lowest BCUT2D eigenvalue weighted by molar-refractivity contribution is 0.673. The van der Waals surface area contributed by atoms with Gasteiger partial charge >= 0.3 is 0 Å². The van der Waals surface area contributed by atoms with E-state index in [4.69, 9.17) is 10.1 Å². The summed E-state index contributed by atoms with van der Waals surface area (Å²) in [5.74, 6) is 1.09. The number of para-hydroxylation sites is 1. The molecule has 146 valence electrons. The van der Waals surface area contributed by atoms with Crippen LogP contribution in [-0.2, 0) is 6.42 Å². The highest BCUT2D eigenvalue weighted by molar-refractivity contribution is 5.95. The van der Waals surface area contributed by atoms with Crippen molar-refractivity contribution in [3.05, 3.63) is 83.6 Å². The highest BCUT2D eigenvalue weighted by atomic mass is 15.3. The van der Waals surface area contributed by atoms with Crippen LogP contribution in [0, 0.1) is 0 Å². The standard InChI is InChI=1S/C23H24N6/c1-15(2)22-20-19(28-29(22)18-9-6-12-24-14-18)11-10-16-13-25-23(27-21(16)20)26-17-7-4-3-5-8-17/h3-9,12-15,21H,10-11H2,1-2H3,(H2,25,26,27). The molecule has 2 N–H and O–H groups in total. The van der Waals surface area contributed by atoms with Crippen molar-refractivity contribution in [2.45, 2.75) is 38.6 Å². The molecule has 2 aromatic heterocycles. The zero-order valence-electron chi connectivity index (χ0n) is 16.6. The molecule has 0 saturated carbocycles. The molecule has 3 heterocycles. The molecule has 0 spiro atoms. The fourth-order valence-electron chi connectivity index (χ4n) is 4.14. The predicted octanol–water partition coefficient (Wildman–Crippen LogP) is 4.33. The van der Waals surface area contributed by atoms with Gasteiger partial charge in [0.15, 0.2) is 0 Å². The lowest BCUT2D eigenvalue weighted by Gasteiger charge is -2.28. The summed E-state index contributed by atoms with van der Waals surface area (Å²) in [4.78, 5) is 9.34. The number of nitrogens with zero attached hydrogens (tertiary/aromatic N) is 4. The van der Waals surface area contributed by atoms with Gasteiger partial charge in [0, 0.05) is 23.6 Å². The first-order valence-corrected chi connectivity index (χ1v) is 10.1. The van der Waals surface area contributed by atoms with Crippen LogP contribution in [0.3, 0.4) is 0 Å². The van der Waals surface area contributed by atoms with Crippen LogP contribution in [0.4, 0.5) is 5.69 Å². The van der Waals surface area contributed by atoms with Gasteiger partial charge in [-0.15, -0.1) is 0 Å². The summed E-state index contributed by atoms with van der Waals surface area (Å²) in [6.07, 6.45) is 7.67. The van der Waals surface area contributed by atoms with Gasteiger partial charge in [-0.05, 0) is 48.6 Å². The molecule has 1 atom stereocenters. The highest BCUT2D eigenvalue weighted by Crippen LogP contribution is 2.42. The molecule has 0 fully saturated rings. The Balaban J connectivity index is 1.58. The van der Waals surface area contributed by atoms with E-state index < -0.39 is 0 Å². The summed E-state index contributed by atoms with van der Waals surface area (Å²) in [6, 6.07) is 14.1. The number of fused-ring (bicyclic) bond motifs is 3. The van der Waals surface area contributed by atoms with Gasteiger partial charge in [-0.1, -0.05) is 32.0 Å². The molecule has 1 aliphatic heterocycles. The van der Waals surface area contributed by atoms with Crippen molar-refractivity contribution in [1.29, 1.82) is 0 Å². The van der Waals surface area contributed by atoms with Crippen molar-refractivity contribution in [2.75, 3.05) is 5.32 Å². The largest absolute Gasteiger partial charge is 0.333 e. The summed E-state index contributed by atoms with van der Waals surface area (Å²) in [5.41, 5.74) is 6.93. The van der Waals surface area contributed by atoms with Gasteiger partial charge in [0.25, 0.3) is 0 Å². The Hall–Kier alpha value is -3.41. The van der Waals surface area contributed by atoms with E-state index in [2.05, 4.69) is 46.4 Å². The third kappa shape index (κ3) is 3.20. The molecule has 29 heavy (non-hydrogen) atoms. The third-order valence-electron chi connectivity index (χ3n) is 5.44. The van der Waals surface area contributed by atoms with E-state index in [1.807, 2.05) is 42.6 Å². The Morgan fingerprint density at radius 3 is 2.72 bits per heavy atom. The Morgan fingerprint density at radius 1 is 1.10 bits per heavy atom. The van der Waals surface area contributed by atoms with E-state index in [1.54, 1.807) is 6.20 Å². The van der Waals surface area contributed by atoms with E-state index in [0.717, 1.165) is 35.9 Å². The molecule has 0 amide bonds. The maximum Gasteiger partial charge on any atom is 0.200 e. The second kappa shape index (κ2) is 7.20. The molecule has 5 rings (SSSR count). The molecule has 2 aliphatic rings. The first-order chi connectivity index (χ1) is 14.2. The number of anilines is 1. The van der Waals surface area contributed by atoms with Crippen LogP contribution in [0.15, 0.2) is 71.6 Å². The van der Waals surface area contributed by atoms with Gasteiger partial charge in [-0.2, -0.15) is 5.10 Å². The average molecular weight is 384 g/mol. The van der Waals surface area contributed by atoms with Crippen molar-refractivity contribution in [3.8, 4) is 5.69 Å². The van der Waals surface area contributed by atoms with Gasteiger partial charge in [-0.3, -0.25) is 4.98 Å². The van der Waals surface area contributed by atoms with E-state index in [1.165, 1.54) is 16.8 Å². The molecule has 3 aromatic rings. The number of rotatable bonds is 3. The molecular formula is C23H24N6. The third-order valence-corrected chi connectivity index (χ3v) is 5.44. The molecule has 6 heteroatoms. The van der Waals surface area contributed by atoms with Gasteiger partial charge in [0.2, 0.25) is 5.96 Å². The molecule has 6 nitrogen and oxygen atoms in total. The number of aliphatic imine (C=N–C) groups is 1. The maximum absolute atomic E-state index is 5.05. The number of aromatic nitrogens is 3. The normalized spacial score (nSPS) is 17.7. The molecular weight excluding hydrogens is 360 g/mol. The highest BCUT2D eigenvalue weighted by Gasteiger charge is 2.34. The van der Waals surface area contributed by atoms with Crippen molar-refractivity contribution >= 4 is 11.6 Å². The first kappa shape index (κ1) is 17.7. The number of hydrogen-bond acceptors (Lipinski definition) is 5. The SMILES string of the molecule is CC(C)c1c2c(nn1-c1cccnc1)CCC1=CNC(Nc3ccccc3)=NC12. The Bertz CT molecular complexity index is 1080. The minimum atomic E-state index is -0.00552. The number of hydrogen-bond donors (Lipinski definition) is 2. The van der Waals surface area contributed by atoms with Crippen LogP contribution in [0.5, 0.6) is 0 Å². The molecule has 1 aliphatic carbocycles. The van der Waals surface area contributed by atoms with Crippen LogP contribution in [0.25, 0.3) is 5.69 Å². The summed E-state index contributed by atoms with van der Waals surface area (Å²) >= 11 is 0. The minimum Gasteiger partial charge on any atom is -0.333 e. The second-order valence-electron chi connectivity index (χ2n) is 7.76. The number of pyridine rings is 1. The second-order valence-corrected chi connectivity index (χ2v) is 7.76. The lowest BCUT2D eigenvalue weighted by Crippen LogP contribution is -2.32. The topological polar surface area (TPSA) is 67.1 Å². The van der Waals surface area contributed by atoms with Crippen LogP contribution < -0.4 is 10.6 Å². The van der Waals surface area contributed by atoms with Crippen LogP contribution in [0.2, 0.25) is 0 Å². The molecule has 0 saturated heterocycles. The van der Waals surface area contributed by atoms with E-state index in [0.29, 0.717) is 5.92 Å². The summed E-state index contributed by atoms with van der Waals surface area (Å²) in [5, 5.41) is 11.7. The number of benzene rings is 1. The summed E-state index contributed by atoms with van der Waals surface area (Å²) in [6.45, 7) is 4.44. The lowest BCUT2D eigenvalue weighted by atomic mass is 9.84. The number of aryl methyl sites for hydroxylation is 1. The minimum absolute atomic E-state index is 0.00552. The zero-order valence-corrected chi connectivity index (χ0v) is 16.6. The predicted molar refractivity (Wildman–Crippen MR) is 115 cm³/mol. The van der Waals surface area contributed by atoms with E-state index in [9.17, 15) is 0 Å². The Morgan fingerprint density at radius 2 is 1.97 bits per heavy atom. The molecule has 1 unspecified atom stereocenters. The van der Waals surface area contributed by atoms with E-state index in [-0.39, 0.29) is 6.04 Å². The van der Waals surface area contributed by atoms with Gasteiger partial charge in [-0.25, -0.2) is 9.67 Å². The zero-order chi connectivity index (χ0) is 19.8. The molecule has 0 radical (unpaired) electrons. The molecule has 1 aromatic carbocycles. The summed E-state index contributed by atoms with van der Waals surface area (Å²) in [7, 11) is 0. The summed E-state index contributed by atoms with van der Waals surface area (Å²) < 4.78 is 2.06. The van der Waals surface area contributed by atoms with Crippen molar-refractivity contribution in [2.24, 2.45) is 4.99 Å². The van der Waals surface area contributed by atoms with Crippen LogP contribution in [-0.4, -0.2) is 20.7 Å². The quantitative estimate of drug-likeness (QED) is 0.705. The van der Waals surface area contributed by atoms with E-state index >= 15 is 0 Å². The van der Waals surface area contributed by atoms with Crippen molar-refractivity contribution < 1.29 is 0 Å². The van der Waals surface area contributed by atoms with Crippen molar-refractivity contribution in [3.63, 3.8) is 0 Å². The van der Waals surface area contributed by atoms with Crippen LogP contribution >= 0.6 is 0 Å². The maximum atomic E-state index is 5.05. The van der Waals surface area contributed by atoms with Gasteiger partial charge in [0.05, 0.1) is 23.3 Å². The Kier molecular flexibility index (Phi) is 4.39. The van der Waals surface area contributed by atoms with Crippen LogP contribution in [0.1, 0.15) is 49.2 Å².